The zero-order chi connectivity index (χ0) is 42.4. The molecule has 0 unspecified atom stereocenters. The molecule has 2 saturated heterocycles. The van der Waals surface area contributed by atoms with Crippen molar-refractivity contribution < 1.29 is 86.0 Å². The predicted octanol–water partition coefficient (Wildman–Crippen LogP) is 0.455. The van der Waals surface area contributed by atoms with Crippen LogP contribution in [0, 0.1) is 0 Å². The topological polar surface area (TPSA) is 256 Å². The van der Waals surface area contributed by atoms with E-state index >= 15 is 0 Å². The highest BCUT2D eigenvalue weighted by atomic mass is 16.8. The van der Waals surface area contributed by atoms with Crippen molar-refractivity contribution in [3.05, 3.63) is 71.8 Å². The summed E-state index contributed by atoms with van der Waals surface area (Å²) in [4.78, 5) is 87.8. The van der Waals surface area contributed by atoms with Gasteiger partial charge in [-0.2, -0.15) is 0 Å². The van der Waals surface area contributed by atoms with Crippen molar-refractivity contribution >= 4 is 41.8 Å². The Balaban J connectivity index is 1.64. The molecule has 2 aromatic carbocycles. The van der Waals surface area contributed by atoms with E-state index in [0.29, 0.717) is 0 Å². The van der Waals surface area contributed by atoms with Crippen LogP contribution < -0.4 is 10.6 Å². The number of benzene rings is 2. The molecule has 4 rings (SSSR count). The second kappa shape index (κ2) is 21.7. The molecular formula is C38H46N2O18. The summed E-state index contributed by atoms with van der Waals surface area (Å²) in [7, 11) is 1.00. The smallest absolute Gasteiger partial charge is 0.407 e. The van der Waals surface area contributed by atoms with Crippen molar-refractivity contribution in [2.24, 2.45) is 0 Å². The summed E-state index contributed by atoms with van der Waals surface area (Å²) < 4.78 is 55.8. The van der Waals surface area contributed by atoms with Gasteiger partial charge in [0.15, 0.2) is 37.0 Å². The number of alkyl carbamates (subject to hydrolysis) is 1. The van der Waals surface area contributed by atoms with E-state index in [9.17, 15) is 38.7 Å². The minimum absolute atomic E-state index is 0.00148. The molecule has 0 aromatic heterocycles. The molecule has 2 aromatic rings. The molecule has 2 aliphatic rings. The van der Waals surface area contributed by atoms with Gasteiger partial charge in [-0.3, -0.25) is 19.2 Å². The molecule has 316 valence electrons. The monoisotopic (exact) mass is 818 g/mol. The molecular weight excluding hydrogens is 772 g/mol. The van der Waals surface area contributed by atoms with Crippen molar-refractivity contribution in [3.8, 4) is 0 Å². The molecule has 0 saturated carbocycles. The fourth-order valence-electron chi connectivity index (χ4n) is 6.01. The summed E-state index contributed by atoms with van der Waals surface area (Å²) in [5, 5.41) is 16.9. The SMILES string of the molecule is COC(=O)[C@H]1O[C@@H](O[C@H]2[C@@H](O)[C@@H](COC(=O)c3ccccc3)O[C@@H](OCCNC(=O)OCc3ccccc3)[C@@H]2NC(C)=O)[C@H](OC(C)=O)[C@@H](OC(C)=O)[C@@H]1OC(C)=O. The van der Waals surface area contributed by atoms with Gasteiger partial charge in [0, 0.05) is 34.2 Å². The Hall–Kier alpha value is -5.67. The lowest BCUT2D eigenvalue weighted by Gasteiger charge is -2.48. The Kier molecular flexibility index (Phi) is 16.9. The number of carbonyl (C=O) groups excluding carboxylic acids is 7. The molecule has 20 nitrogen and oxygen atoms in total. The first-order valence-corrected chi connectivity index (χ1v) is 18.0. The van der Waals surface area contributed by atoms with E-state index in [1.807, 2.05) is 6.07 Å². The lowest BCUT2D eigenvalue weighted by atomic mass is 9.94. The maximum atomic E-state index is 13.0. The number of aliphatic hydroxyl groups excluding tert-OH is 1. The number of carbonyl (C=O) groups is 7. The third kappa shape index (κ3) is 12.9. The molecule has 2 fully saturated rings. The summed E-state index contributed by atoms with van der Waals surface area (Å²) in [6.45, 7) is 3.16. The molecule has 0 bridgehead atoms. The summed E-state index contributed by atoms with van der Waals surface area (Å²) >= 11 is 0. The maximum absolute atomic E-state index is 13.0. The van der Waals surface area contributed by atoms with Crippen LogP contribution in [0.15, 0.2) is 60.7 Å². The maximum Gasteiger partial charge on any atom is 0.407 e. The normalized spacial score (nSPS) is 26.5. The van der Waals surface area contributed by atoms with Crippen LogP contribution in [-0.4, -0.2) is 135 Å². The summed E-state index contributed by atoms with van der Waals surface area (Å²) in [5.41, 5.74) is 0.936. The summed E-state index contributed by atoms with van der Waals surface area (Å²) in [6.07, 6.45) is -16.2. The third-order valence-electron chi connectivity index (χ3n) is 8.42. The van der Waals surface area contributed by atoms with Crippen LogP contribution in [0.5, 0.6) is 0 Å². The van der Waals surface area contributed by atoms with E-state index in [1.54, 1.807) is 42.5 Å². The summed E-state index contributed by atoms with van der Waals surface area (Å²) in [5.74, 6) is -5.40. The van der Waals surface area contributed by atoms with Gasteiger partial charge >= 0.3 is 35.9 Å². The van der Waals surface area contributed by atoms with Gasteiger partial charge in [0.05, 0.1) is 19.3 Å². The number of ether oxygens (including phenoxy) is 10. The largest absolute Gasteiger partial charge is 0.467 e. The Morgan fingerprint density at radius 3 is 1.93 bits per heavy atom. The zero-order valence-corrected chi connectivity index (χ0v) is 32.3. The van der Waals surface area contributed by atoms with E-state index < -0.39 is 110 Å². The molecule has 3 N–H and O–H groups in total. The number of hydrogen-bond acceptors (Lipinski definition) is 18. The molecule has 58 heavy (non-hydrogen) atoms. The van der Waals surface area contributed by atoms with Gasteiger partial charge in [-0.25, -0.2) is 14.4 Å². The van der Waals surface area contributed by atoms with Crippen LogP contribution >= 0.6 is 0 Å². The molecule has 20 heteroatoms. The van der Waals surface area contributed by atoms with Crippen LogP contribution in [0.2, 0.25) is 0 Å². The molecule has 2 heterocycles. The van der Waals surface area contributed by atoms with Gasteiger partial charge in [0.2, 0.25) is 5.91 Å². The second-order valence-electron chi connectivity index (χ2n) is 12.9. The van der Waals surface area contributed by atoms with Gasteiger partial charge in [0.25, 0.3) is 0 Å². The number of hydrogen-bond donors (Lipinski definition) is 3. The fourth-order valence-corrected chi connectivity index (χ4v) is 6.01. The lowest BCUT2D eigenvalue weighted by molar-refractivity contribution is -0.342. The number of nitrogens with one attached hydrogen (secondary N) is 2. The van der Waals surface area contributed by atoms with Gasteiger partial charge in [-0.1, -0.05) is 48.5 Å². The highest BCUT2D eigenvalue weighted by molar-refractivity contribution is 5.89. The predicted molar refractivity (Wildman–Crippen MR) is 192 cm³/mol. The first kappa shape index (κ1) is 45.0. The molecule has 2 aliphatic heterocycles. The van der Waals surface area contributed by atoms with E-state index in [2.05, 4.69) is 10.6 Å². The number of esters is 5. The Morgan fingerprint density at radius 2 is 1.33 bits per heavy atom. The van der Waals surface area contributed by atoms with Crippen molar-refractivity contribution in [2.75, 3.05) is 26.9 Å². The van der Waals surface area contributed by atoms with Crippen molar-refractivity contribution in [1.29, 1.82) is 0 Å². The van der Waals surface area contributed by atoms with Gasteiger partial charge < -0.3 is 63.1 Å². The summed E-state index contributed by atoms with van der Waals surface area (Å²) in [6, 6.07) is 15.4. The Bertz CT molecular complexity index is 1730. The van der Waals surface area contributed by atoms with Crippen molar-refractivity contribution in [2.45, 2.75) is 95.7 Å². The highest BCUT2D eigenvalue weighted by Gasteiger charge is 2.58. The van der Waals surface area contributed by atoms with Gasteiger partial charge in [0.1, 0.15) is 37.6 Å². The molecule has 0 aliphatic carbocycles. The van der Waals surface area contributed by atoms with Crippen LogP contribution in [0.3, 0.4) is 0 Å². The average molecular weight is 819 g/mol. The zero-order valence-electron chi connectivity index (χ0n) is 32.3. The van der Waals surface area contributed by atoms with Crippen LogP contribution in [0.1, 0.15) is 43.6 Å². The molecule has 2 amide bonds. The highest BCUT2D eigenvalue weighted by Crippen LogP contribution is 2.34. The lowest BCUT2D eigenvalue weighted by Crippen LogP contribution is -2.69. The minimum Gasteiger partial charge on any atom is -0.467 e. The van der Waals surface area contributed by atoms with Gasteiger partial charge in [-0.15, -0.1) is 0 Å². The van der Waals surface area contributed by atoms with E-state index in [1.165, 1.54) is 12.1 Å². The quantitative estimate of drug-likeness (QED) is 0.118. The molecule has 10 atom stereocenters. The number of methoxy groups -OCH3 is 1. The molecule has 0 spiro atoms. The Morgan fingerprint density at radius 1 is 0.724 bits per heavy atom. The van der Waals surface area contributed by atoms with Crippen LogP contribution in [0.25, 0.3) is 0 Å². The fraction of sp³-hybridized carbons (Fsp3) is 0.500. The van der Waals surface area contributed by atoms with E-state index in [-0.39, 0.29) is 25.3 Å². The average Bonchev–Trinajstić information content (AvgIpc) is 3.18. The minimum atomic E-state index is -1.92. The van der Waals surface area contributed by atoms with E-state index in [0.717, 1.165) is 40.4 Å². The number of rotatable bonds is 16. The van der Waals surface area contributed by atoms with Gasteiger partial charge in [-0.05, 0) is 17.7 Å². The standard InChI is InChI=1S/C38H46N2O18/c1-20(41)40-27-29(57-37-33(55-23(4)44)31(54-22(3)43)30(53-21(2)42)32(58-37)35(47)49-5)28(45)26(19-51-34(46)25-14-10-7-11-15-25)56-36(27)50-17-16-39-38(48)52-18-24-12-8-6-9-13-24/h6-15,26-33,36-37,45H,16-19H2,1-5H3,(H,39,48)(H,40,41)/t26-,27-,28+,29-,30+,31+,32+,33-,36-,37-/m1/s1. The van der Waals surface area contributed by atoms with E-state index in [4.69, 9.17) is 47.4 Å². The van der Waals surface area contributed by atoms with Crippen LogP contribution in [-0.2, 0) is 77.9 Å². The third-order valence-corrected chi connectivity index (χ3v) is 8.42. The number of amides is 2. The first-order valence-electron chi connectivity index (χ1n) is 18.0. The molecule has 0 radical (unpaired) electrons. The Labute approximate surface area is 332 Å². The number of aliphatic hydroxyl groups is 1. The van der Waals surface area contributed by atoms with Crippen molar-refractivity contribution in [1.82, 2.24) is 10.6 Å². The van der Waals surface area contributed by atoms with Crippen LogP contribution in [0.4, 0.5) is 4.79 Å². The second-order valence-corrected chi connectivity index (χ2v) is 12.9. The van der Waals surface area contributed by atoms with Crippen molar-refractivity contribution in [3.63, 3.8) is 0 Å². The first-order chi connectivity index (χ1) is 27.7.